The van der Waals surface area contributed by atoms with Crippen molar-refractivity contribution in [3.05, 3.63) is 12.2 Å². The second-order valence-corrected chi connectivity index (χ2v) is 2.45. The number of β-lactam (4-membered cyclic amide) rings is 1. The average molecular weight is 155 g/mol. The molecule has 0 spiro atoms. The Kier molecular flexibility index (Phi) is 1.94. The molecular formula is C7H9NO3. The van der Waals surface area contributed by atoms with Crippen LogP contribution in [0.25, 0.3) is 0 Å². The Morgan fingerprint density at radius 3 is 2.73 bits per heavy atom. The standard InChI is InChI=1S/C7H9NO3/c1-4(2)7(10)11-6-3-5(9)8-6/h6H,1,3H2,2H3,(H,8,9). The van der Waals surface area contributed by atoms with E-state index in [-0.39, 0.29) is 12.3 Å². The molecule has 1 amide bonds. The van der Waals surface area contributed by atoms with Crippen LogP contribution in [0.4, 0.5) is 0 Å². The molecule has 1 fully saturated rings. The molecular weight excluding hydrogens is 146 g/mol. The molecule has 1 saturated heterocycles. The number of nitrogens with one attached hydrogen (secondary N) is 1. The van der Waals surface area contributed by atoms with Gasteiger partial charge in [-0.1, -0.05) is 6.58 Å². The van der Waals surface area contributed by atoms with Crippen LogP contribution in [0.1, 0.15) is 13.3 Å². The minimum atomic E-state index is -0.463. The van der Waals surface area contributed by atoms with Gasteiger partial charge in [0.15, 0.2) is 6.23 Å². The van der Waals surface area contributed by atoms with Crippen LogP contribution < -0.4 is 5.32 Å². The highest BCUT2D eigenvalue weighted by atomic mass is 16.6. The lowest BCUT2D eigenvalue weighted by Crippen LogP contribution is -2.50. The van der Waals surface area contributed by atoms with Crippen LogP contribution in [-0.4, -0.2) is 18.1 Å². The summed E-state index contributed by atoms with van der Waals surface area (Å²) >= 11 is 0. The molecule has 1 rings (SSSR count). The summed E-state index contributed by atoms with van der Waals surface area (Å²) in [6.07, 6.45) is -0.175. The summed E-state index contributed by atoms with van der Waals surface area (Å²) < 4.78 is 4.75. The molecule has 0 aromatic heterocycles. The first-order valence-corrected chi connectivity index (χ1v) is 3.25. The van der Waals surface area contributed by atoms with Crippen molar-refractivity contribution in [3.63, 3.8) is 0 Å². The smallest absolute Gasteiger partial charge is 0.335 e. The summed E-state index contributed by atoms with van der Waals surface area (Å²) in [5.41, 5.74) is 0.339. The molecule has 60 valence electrons. The van der Waals surface area contributed by atoms with Crippen molar-refractivity contribution in [2.45, 2.75) is 19.6 Å². The third-order valence-corrected chi connectivity index (χ3v) is 1.29. The van der Waals surface area contributed by atoms with Crippen LogP contribution in [0.5, 0.6) is 0 Å². The maximum atomic E-state index is 10.8. The van der Waals surface area contributed by atoms with E-state index in [2.05, 4.69) is 11.9 Å². The van der Waals surface area contributed by atoms with Gasteiger partial charge in [0.2, 0.25) is 5.91 Å². The molecule has 0 aliphatic carbocycles. The van der Waals surface area contributed by atoms with Crippen LogP contribution in [0.15, 0.2) is 12.2 Å². The van der Waals surface area contributed by atoms with Gasteiger partial charge >= 0.3 is 5.97 Å². The molecule has 4 nitrogen and oxygen atoms in total. The van der Waals surface area contributed by atoms with Gasteiger partial charge in [-0.25, -0.2) is 4.79 Å². The maximum Gasteiger partial charge on any atom is 0.335 e. The highest BCUT2D eigenvalue weighted by molar-refractivity contribution is 5.89. The van der Waals surface area contributed by atoms with Crippen molar-refractivity contribution in [1.29, 1.82) is 0 Å². The Morgan fingerprint density at radius 2 is 2.36 bits per heavy atom. The monoisotopic (exact) mass is 155 g/mol. The van der Waals surface area contributed by atoms with E-state index in [1.165, 1.54) is 0 Å². The molecule has 0 aromatic rings. The fourth-order valence-corrected chi connectivity index (χ4v) is 0.628. The Labute approximate surface area is 64.2 Å². The zero-order chi connectivity index (χ0) is 8.43. The van der Waals surface area contributed by atoms with Gasteiger partial charge in [-0.15, -0.1) is 0 Å². The normalized spacial score (nSPS) is 21.5. The number of amides is 1. The van der Waals surface area contributed by atoms with E-state index in [0.717, 1.165) is 0 Å². The number of carbonyl (C=O) groups is 2. The Bertz CT molecular complexity index is 214. The van der Waals surface area contributed by atoms with E-state index in [4.69, 9.17) is 4.74 Å². The Hall–Kier alpha value is -1.32. The van der Waals surface area contributed by atoms with E-state index in [9.17, 15) is 9.59 Å². The van der Waals surface area contributed by atoms with E-state index in [1.807, 2.05) is 0 Å². The Morgan fingerprint density at radius 1 is 1.82 bits per heavy atom. The summed E-state index contributed by atoms with van der Waals surface area (Å²) in [7, 11) is 0. The summed E-state index contributed by atoms with van der Waals surface area (Å²) in [6.45, 7) is 4.96. The maximum absolute atomic E-state index is 10.8. The van der Waals surface area contributed by atoms with E-state index >= 15 is 0 Å². The number of hydrogen-bond acceptors (Lipinski definition) is 3. The zero-order valence-electron chi connectivity index (χ0n) is 6.22. The van der Waals surface area contributed by atoms with Crippen molar-refractivity contribution in [3.8, 4) is 0 Å². The molecule has 0 radical (unpaired) electrons. The third kappa shape index (κ3) is 1.80. The minimum absolute atomic E-state index is 0.0930. The predicted molar refractivity (Wildman–Crippen MR) is 37.5 cm³/mol. The van der Waals surface area contributed by atoms with Crippen LogP contribution in [0.3, 0.4) is 0 Å². The molecule has 4 heteroatoms. The largest absolute Gasteiger partial charge is 0.438 e. The molecule has 11 heavy (non-hydrogen) atoms. The van der Waals surface area contributed by atoms with Gasteiger partial charge in [0.25, 0.3) is 0 Å². The van der Waals surface area contributed by atoms with E-state index < -0.39 is 12.2 Å². The van der Waals surface area contributed by atoms with Crippen LogP contribution >= 0.6 is 0 Å². The quantitative estimate of drug-likeness (QED) is 0.345. The number of esters is 1. The van der Waals surface area contributed by atoms with Crippen molar-refractivity contribution in [2.24, 2.45) is 0 Å². The molecule has 1 aliphatic heterocycles. The summed E-state index contributed by atoms with van der Waals surface area (Å²) in [5.74, 6) is -0.556. The zero-order valence-corrected chi connectivity index (χ0v) is 6.22. The van der Waals surface area contributed by atoms with Crippen LogP contribution in [0, 0.1) is 0 Å². The Balaban J connectivity index is 2.27. The van der Waals surface area contributed by atoms with Gasteiger partial charge < -0.3 is 10.1 Å². The SMILES string of the molecule is C=C(C)C(=O)OC1CC(=O)N1. The van der Waals surface area contributed by atoms with Crippen LogP contribution in [0.2, 0.25) is 0 Å². The number of rotatable bonds is 2. The van der Waals surface area contributed by atoms with Gasteiger partial charge in [0, 0.05) is 5.57 Å². The summed E-state index contributed by atoms with van der Waals surface area (Å²) in [4.78, 5) is 21.1. The first-order valence-electron chi connectivity index (χ1n) is 3.25. The second kappa shape index (κ2) is 2.74. The van der Waals surface area contributed by atoms with Gasteiger partial charge in [0.05, 0.1) is 6.42 Å². The molecule has 1 atom stereocenters. The molecule has 1 N–H and O–H groups in total. The highest BCUT2D eigenvalue weighted by Gasteiger charge is 2.28. The van der Waals surface area contributed by atoms with Crippen molar-refractivity contribution in [2.75, 3.05) is 0 Å². The fraction of sp³-hybridized carbons (Fsp3) is 0.429. The van der Waals surface area contributed by atoms with Gasteiger partial charge in [-0.3, -0.25) is 4.79 Å². The van der Waals surface area contributed by atoms with Gasteiger partial charge in [-0.05, 0) is 6.92 Å². The van der Waals surface area contributed by atoms with Gasteiger partial charge in [0.1, 0.15) is 0 Å². The number of carbonyl (C=O) groups excluding carboxylic acids is 2. The molecule has 1 aliphatic rings. The molecule has 1 heterocycles. The second-order valence-electron chi connectivity index (χ2n) is 2.45. The summed E-state index contributed by atoms with van der Waals surface area (Å²) in [6, 6.07) is 0. The molecule has 0 bridgehead atoms. The molecule has 1 unspecified atom stereocenters. The average Bonchev–Trinajstić information content (AvgIpc) is 1.84. The van der Waals surface area contributed by atoms with Crippen molar-refractivity contribution in [1.82, 2.24) is 5.32 Å². The van der Waals surface area contributed by atoms with E-state index in [1.54, 1.807) is 6.92 Å². The lowest BCUT2D eigenvalue weighted by Gasteiger charge is -2.26. The van der Waals surface area contributed by atoms with Gasteiger partial charge in [-0.2, -0.15) is 0 Å². The molecule has 0 aromatic carbocycles. The highest BCUT2D eigenvalue weighted by Crippen LogP contribution is 2.07. The first-order chi connectivity index (χ1) is 5.09. The summed E-state index contributed by atoms with van der Waals surface area (Å²) in [5, 5.41) is 2.41. The van der Waals surface area contributed by atoms with Crippen LogP contribution in [-0.2, 0) is 14.3 Å². The number of ether oxygens (including phenoxy) is 1. The molecule has 0 saturated carbocycles. The van der Waals surface area contributed by atoms with E-state index in [0.29, 0.717) is 5.57 Å². The third-order valence-electron chi connectivity index (χ3n) is 1.29. The lowest BCUT2D eigenvalue weighted by atomic mass is 10.2. The minimum Gasteiger partial charge on any atom is -0.438 e. The van der Waals surface area contributed by atoms with Crippen molar-refractivity contribution >= 4 is 11.9 Å². The predicted octanol–water partition coefficient (Wildman–Crippen LogP) is -0.0483. The lowest BCUT2D eigenvalue weighted by molar-refractivity contribution is -0.156. The van der Waals surface area contributed by atoms with Crippen molar-refractivity contribution < 1.29 is 14.3 Å². The number of hydrogen-bond donors (Lipinski definition) is 1. The topological polar surface area (TPSA) is 55.4 Å². The fourth-order valence-electron chi connectivity index (χ4n) is 0.628. The first kappa shape index (κ1) is 7.78.